The number of hydrogen-bond donors (Lipinski definition) is 2. The Morgan fingerprint density at radius 3 is 2.69 bits per heavy atom. The van der Waals surface area contributed by atoms with Crippen molar-refractivity contribution in [3.8, 4) is 0 Å². The molecule has 2 N–H and O–H groups in total. The highest BCUT2D eigenvalue weighted by molar-refractivity contribution is 6.05. The Balaban J connectivity index is 1.42. The number of carbonyl (C=O) groups is 4. The number of ether oxygens (including phenoxy) is 2. The molecule has 6 atom stereocenters. The van der Waals surface area contributed by atoms with Gasteiger partial charge >= 0.3 is 5.97 Å². The summed E-state index contributed by atoms with van der Waals surface area (Å²) < 4.78 is 12.3. The number of allylic oxidation sites excluding steroid dienone is 1. The second-order valence-electron chi connectivity index (χ2n) is 12.2. The lowest BCUT2D eigenvalue weighted by Crippen LogP contribution is -2.56. The Labute approximate surface area is 264 Å². The van der Waals surface area contributed by atoms with Crippen molar-refractivity contribution in [2.45, 2.75) is 69.3 Å². The average molecular weight is 618 g/mol. The lowest BCUT2D eigenvalue weighted by Gasteiger charge is -2.37. The van der Waals surface area contributed by atoms with E-state index in [9.17, 15) is 24.3 Å². The molecule has 1 spiro atoms. The number of rotatable bonds is 15. The predicted octanol–water partition coefficient (Wildman–Crippen LogP) is 3.52. The van der Waals surface area contributed by atoms with Gasteiger partial charge in [-0.1, -0.05) is 42.5 Å². The lowest BCUT2D eigenvalue weighted by molar-refractivity contribution is -0.159. The first-order valence-corrected chi connectivity index (χ1v) is 15.8. The lowest BCUT2D eigenvalue weighted by atomic mass is 9.70. The molecule has 5 rings (SSSR count). The van der Waals surface area contributed by atoms with Gasteiger partial charge < -0.3 is 29.7 Å². The van der Waals surface area contributed by atoms with Crippen LogP contribution in [0.15, 0.2) is 67.8 Å². The number of likely N-dealkylation sites (tertiary alicyclic amines) is 1. The molecule has 3 amide bonds. The highest BCUT2D eigenvalue weighted by Gasteiger charge is 2.75. The van der Waals surface area contributed by atoms with Crippen molar-refractivity contribution in [2.24, 2.45) is 11.8 Å². The molecule has 0 unspecified atom stereocenters. The molecular formula is C35H43N3O7. The molecule has 2 aromatic carbocycles. The molecule has 0 aromatic heterocycles. The summed E-state index contributed by atoms with van der Waals surface area (Å²) in [5.74, 6) is -3.07. The zero-order chi connectivity index (χ0) is 32.1. The van der Waals surface area contributed by atoms with Crippen LogP contribution in [0.5, 0.6) is 0 Å². The molecule has 240 valence electrons. The van der Waals surface area contributed by atoms with E-state index in [0.717, 1.165) is 10.8 Å². The summed E-state index contributed by atoms with van der Waals surface area (Å²) in [6, 6.07) is 12.7. The van der Waals surface area contributed by atoms with Crippen molar-refractivity contribution in [3.63, 3.8) is 0 Å². The van der Waals surface area contributed by atoms with Gasteiger partial charge in [0.2, 0.25) is 11.8 Å². The van der Waals surface area contributed by atoms with E-state index in [0.29, 0.717) is 44.2 Å². The highest BCUT2D eigenvalue weighted by Crippen LogP contribution is 2.59. The Kier molecular flexibility index (Phi) is 10.0. The monoisotopic (exact) mass is 617 g/mol. The van der Waals surface area contributed by atoms with Gasteiger partial charge in [-0.15, -0.1) is 13.2 Å². The van der Waals surface area contributed by atoms with Gasteiger partial charge in [0.05, 0.1) is 24.5 Å². The number of nitrogens with zero attached hydrogens (tertiary/aromatic N) is 2. The number of unbranched alkanes of at least 4 members (excludes halogenated alkanes) is 1. The number of hydrogen-bond acceptors (Lipinski definition) is 7. The zero-order valence-corrected chi connectivity index (χ0v) is 25.9. The number of nitrogens with one attached hydrogen (secondary N) is 1. The van der Waals surface area contributed by atoms with E-state index in [1.165, 1.54) is 0 Å². The van der Waals surface area contributed by atoms with Gasteiger partial charge in [-0.2, -0.15) is 0 Å². The number of carbonyl (C=O) groups excluding carboxylic acids is 4. The molecule has 0 radical (unpaired) electrons. The van der Waals surface area contributed by atoms with Crippen molar-refractivity contribution in [1.82, 2.24) is 10.2 Å². The van der Waals surface area contributed by atoms with Gasteiger partial charge in [0, 0.05) is 31.8 Å². The fourth-order valence-corrected chi connectivity index (χ4v) is 7.18. The van der Waals surface area contributed by atoms with Crippen molar-refractivity contribution in [1.29, 1.82) is 0 Å². The average Bonchev–Trinajstić information content (AvgIpc) is 3.68. The fraction of sp³-hybridized carbons (Fsp3) is 0.486. The predicted molar refractivity (Wildman–Crippen MR) is 170 cm³/mol. The summed E-state index contributed by atoms with van der Waals surface area (Å²) in [5, 5.41) is 14.2. The van der Waals surface area contributed by atoms with E-state index in [1.807, 2.05) is 42.5 Å². The maximum absolute atomic E-state index is 14.7. The molecule has 3 heterocycles. The van der Waals surface area contributed by atoms with E-state index >= 15 is 0 Å². The standard InChI is InChI=1S/C35H43N3O7/c1-4-6-13-28(40)36-22-23(3)44-34(43)29-27-16-17-35(45-27)30(29)32(41)38(19-9-10-20-39)31(35)33(42)37(18-5-2)26-15-14-24-11-7-8-12-25(24)21-26/h4-5,7-8,11-12,14-15,21,23,27,29-31,39H,1-2,6,9-10,13,16-20,22H2,3H3,(H,36,40)/t23-,27+,29-,30-,31+,35-/m0/s1. The van der Waals surface area contributed by atoms with Crippen LogP contribution in [-0.4, -0.2) is 83.8 Å². The van der Waals surface area contributed by atoms with Crippen molar-refractivity contribution in [3.05, 3.63) is 67.8 Å². The van der Waals surface area contributed by atoms with Gasteiger partial charge in [-0.25, -0.2) is 0 Å². The van der Waals surface area contributed by atoms with Crippen LogP contribution in [0, 0.1) is 11.8 Å². The van der Waals surface area contributed by atoms with Gasteiger partial charge in [0.15, 0.2) is 0 Å². The normalized spacial score (nSPS) is 25.6. The molecule has 45 heavy (non-hydrogen) atoms. The van der Waals surface area contributed by atoms with Gasteiger partial charge in [0.25, 0.3) is 5.91 Å². The molecule has 3 aliphatic heterocycles. The highest BCUT2D eigenvalue weighted by atomic mass is 16.6. The van der Waals surface area contributed by atoms with Crippen molar-refractivity contribution < 1.29 is 33.8 Å². The minimum Gasteiger partial charge on any atom is -0.460 e. The van der Waals surface area contributed by atoms with Gasteiger partial charge in [-0.3, -0.25) is 19.2 Å². The molecule has 3 aliphatic rings. The fourth-order valence-electron chi connectivity index (χ4n) is 7.18. The van der Waals surface area contributed by atoms with Crippen LogP contribution in [-0.2, 0) is 28.7 Å². The van der Waals surface area contributed by atoms with Gasteiger partial charge in [0.1, 0.15) is 17.7 Å². The maximum Gasteiger partial charge on any atom is 0.312 e. The number of aliphatic hydroxyl groups excluding tert-OH is 1. The van der Waals surface area contributed by atoms with Crippen molar-refractivity contribution in [2.75, 3.05) is 31.1 Å². The molecule has 3 fully saturated rings. The zero-order valence-electron chi connectivity index (χ0n) is 25.9. The Bertz CT molecular complexity index is 1460. The summed E-state index contributed by atoms with van der Waals surface area (Å²) in [5.41, 5.74) is -0.506. The summed E-state index contributed by atoms with van der Waals surface area (Å²) >= 11 is 0. The minimum atomic E-state index is -1.18. The van der Waals surface area contributed by atoms with Crippen LogP contribution >= 0.6 is 0 Å². The summed E-state index contributed by atoms with van der Waals surface area (Å²) in [6.45, 7) is 9.76. The van der Waals surface area contributed by atoms with E-state index in [-0.39, 0.29) is 44.0 Å². The largest absolute Gasteiger partial charge is 0.460 e. The molecule has 10 nitrogen and oxygen atoms in total. The van der Waals surface area contributed by atoms with E-state index in [4.69, 9.17) is 9.47 Å². The SMILES string of the molecule is C=CCCC(=O)NC[C@H](C)OC(=O)[C@@H]1[C@H]2C(=O)N(CCCCO)[C@H](C(=O)N(CC=C)c3ccc4ccccc4c3)[C@]23CC[C@H]1O3. The van der Waals surface area contributed by atoms with E-state index in [1.54, 1.807) is 28.9 Å². The van der Waals surface area contributed by atoms with Gasteiger partial charge in [-0.05, 0) is 61.9 Å². The number of esters is 1. The summed E-state index contributed by atoms with van der Waals surface area (Å²) in [6.07, 6.45) is 4.92. The minimum absolute atomic E-state index is 0.0373. The van der Waals surface area contributed by atoms with Crippen LogP contribution in [0.4, 0.5) is 5.69 Å². The number of benzene rings is 2. The molecule has 2 bridgehead atoms. The summed E-state index contributed by atoms with van der Waals surface area (Å²) in [7, 11) is 0. The number of aliphatic hydroxyl groups is 1. The van der Waals surface area contributed by atoms with E-state index in [2.05, 4.69) is 18.5 Å². The number of anilines is 1. The van der Waals surface area contributed by atoms with Crippen LogP contribution in [0.2, 0.25) is 0 Å². The molecular weight excluding hydrogens is 574 g/mol. The number of amides is 3. The second kappa shape index (κ2) is 14.0. The Morgan fingerprint density at radius 1 is 1.18 bits per heavy atom. The number of fused-ring (bicyclic) bond motifs is 2. The third kappa shape index (κ3) is 6.26. The Hall–Kier alpha value is -4.02. The maximum atomic E-state index is 14.7. The molecule has 2 aromatic rings. The first-order chi connectivity index (χ1) is 21.7. The molecule has 10 heteroatoms. The van der Waals surface area contributed by atoms with Crippen LogP contribution < -0.4 is 10.2 Å². The van der Waals surface area contributed by atoms with Crippen LogP contribution in [0.3, 0.4) is 0 Å². The topological polar surface area (TPSA) is 125 Å². The molecule has 3 saturated heterocycles. The van der Waals surface area contributed by atoms with E-state index < -0.39 is 41.7 Å². The molecule has 0 saturated carbocycles. The Morgan fingerprint density at radius 2 is 1.96 bits per heavy atom. The third-order valence-electron chi connectivity index (χ3n) is 9.22. The second-order valence-corrected chi connectivity index (χ2v) is 12.2. The van der Waals surface area contributed by atoms with Crippen molar-refractivity contribution >= 4 is 40.2 Å². The smallest absolute Gasteiger partial charge is 0.312 e. The van der Waals surface area contributed by atoms with Crippen LogP contribution in [0.25, 0.3) is 10.8 Å². The first-order valence-electron chi connectivity index (χ1n) is 15.8. The van der Waals surface area contributed by atoms with Crippen LogP contribution in [0.1, 0.15) is 45.4 Å². The summed E-state index contributed by atoms with van der Waals surface area (Å²) in [4.78, 5) is 57.7. The quantitative estimate of drug-likeness (QED) is 0.178. The third-order valence-corrected chi connectivity index (χ3v) is 9.22. The molecule has 0 aliphatic carbocycles. The first kappa shape index (κ1) is 32.4.